The number of imide groups is 1. The van der Waals surface area contributed by atoms with Gasteiger partial charge in [-0.15, -0.1) is 11.8 Å². The lowest BCUT2D eigenvalue weighted by molar-refractivity contribution is -0.134. The lowest BCUT2D eigenvalue weighted by Crippen LogP contribution is -2.47. The second-order valence-electron chi connectivity index (χ2n) is 7.89. The molecule has 1 aromatic heterocycles. The molecule has 1 fully saturated rings. The van der Waals surface area contributed by atoms with Crippen LogP contribution < -0.4 is 10.2 Å². The topological polar surface area (TPSA) is 82.9 Å². The number of hydrogen-bond donors (Lipinski definition) is 1. The number of benzene rings is 2. The summed E-state index contributed by atoms with van der Waals surface area (Å²) in [6, 6.07) is 19.9. The van der Waals surface area contributed by atoms with Crippen LogP contribution in [0.3, 0.4) is 0 Å². The highest BCUT2D eigenvalue weighted by molar-refractivity contribution is 7.99. The Morgan fingerprint density at radius 1 is 1.09 bits per heavy atom. The van der Waals surface area contributed by atoms with Crippen molar-refractivity contribution in [3.8, 4) is 0 Å². The van der Waals surface area contributed by atoms with Crippen molar-refractivity contribution in [2.24, 2.45) is 0 Å². The number of thioether (sulfide) groups is 1. The fourth-order valence-corrected chi connectivity index (χ4v) is 5.37. The van der Waals surface area contributed by atoms with E-state index in [1.54, 1.807) is 35.7 Å². The SMILES string of the molecule is CC1(c2ccco2)NC(=O)N(CC(=O)N2c3ccccc3SCC2c2ccccc2)C1=O. The Morgan fingerprint density at radius 3 is 2.59 bits per heavy atom. The number of carbonyl (C=O) groups excluding carboxylic acids is 3. The van der Waals surface area contributed by atoms with Crippen molar-refractivity contribution in [3.63, 3.8) is 0 Å². The van der Waals surface area contributed by atoms with E-state index < -0.39 is 17.5 Å². The van der Waals surface area contributed by atoms with Crippen molar-refractivity contribution in [2.75, 3.05) is 17.2 Å². The Morgan fingerprint density at radius 2 is 1.84 bits per heavy atom. The molecule has 2 aliphatic heterocycles. The van der Waals surface area contributed by atoms with Crippen LogP contribution in [-0.2, 0) is 15.1 Å². The summed E-state index contributed by atoms with van der Waals surface area (Å²) in [6.07, 6.45) is 1.45. The monoisotopic (exact) mass is 447 g/mol. The van der Waals surface area contributed by atoms with E-state index >= 15 is 0 Å². The highest BCUT2D eigenvalue weighted by Gasteiger charge is 2.52. The van der Waals surface area contributed by atoms with Crippen molar-refractivity contribution >= 4 is 35.3 Å². The predicted octanol–water partition coefficient (Wildman–Crippen LogP) is 3.93. The van der Waals surface area contributed by atoms with Gasteiger partial charge in [0.2, 0.25) is 5.91 Å². The van der Waals surface area contributed by atoms with Gasteiger partial charge in [-0.25, -0.2) is 4.79 Å². The number of hydrogen-bond acceptors (Lipinski definition) is 5. The quantitative estimate of drug-likeness (QED) is 0.613. The molecule has 0 aliphatic carbocycles. The molecule has 4 amide bonds. The van der Waals surface area contributed by atoms with Crippen molar-refractivity contribution < 1.29 is 18.8 Å². The number of nitrogens with one attached hydrogen (secondary N) is 1. The largest absolute Gasteiger partial charge is 0.466 e. The number of carbonyl (C=O) groups is 3. The van der Waals surface area contributed by atoms with E-state index in [2.05, 4.69) is 5.32 Å². The van der Waals surface area contributed by atoms with E-state index in [1.807, 2.05) is 54.6 Å². The standard InChI is InChI=1S/C24H21N3O4S/c1-24(20-12-7-13-31-20)22(29)26(23(30)25-24)14-21(28)27-17-10-5-6-11-19(17)32-15-18(27)16-8-3-2-4-9-16/h2-13,18H,14-15H2,1H3,(H,25,30). The number of nitrogens with zero attached hydrogens (tertiary/aromatic N) is 2. The van der Waals surface area contributed by atoms with Crippen LogP contribution in [0, 0.1) is 0 Å². The second-order valence-corrected chi connectivity index (χ2v) is 8.95. The van der Waals surface area contributed by atoms with Gasteiger partial charge >= 0.3 is 6.03 Å². The van der Waals surface area contributed by atoms with Gasteiger partial charge in [-0.3, -0.25) is 14.5 Å². The van der Waals surface area contributed by atoms with Gasteiger partial charge in [0.05, 0.1) is 18.0 Å². The van der Waals surface area contributed by atoms with Crippen molar-refractivity contribution in [1.29, 1.82) is 0 Å². The summed E-state index contributed by atoms with van der Waals surface area (Å²) in [5, 5.41) is 2.67. The second kappa shape index (κ2) is 7.87. The number of fused-ring (bicyclic) bond motifs is 1. The van der Waals surface area contributed by atoms with Crippen LogP contribution in [0.25, 0.3) is 0 Å². The average Bonchev–Trinajstić information content (AvgIpc) is 3.43. The molecule has 1 N–H and O–H groups in total. The summed E-state index contributed by atoms with van der Waals surface area (Å²) < 4.78 is 5.37. The first-order valence-corrected chi connectivity index (χ1v) is 11.2. The van der Waals surface area contributed by atoms with Crippen LogP contribution in [-0.4, -0.2) is 35.0 Å². The lowest BCUT2D eigenvalue weighted by atomic mass is 9.99. The fourth-order valence-electron chi connectivity index (χ4n) is 4.20. The molecule has 0 saturated carbocycles. The highest BCUT2D eigenvalue weighted by atomic mass is 32.2. The molecule has 2 aliphatic rings. The number of amides is 4. The van der Waals surface area contributed by atoms with Gasteiger partial charge in [-0.2, -0.15) is 0 Å². The average molecular weight is 448 g/mol. The van der Waals surface area contributed by atoms with Crippen LogP contribution in [0.5, 0.6) is 0 Å². The van der Waals surface area contributed by atoms with E-state index in [0.29, 0.717) is 11.5 Å². The molecule has 3 heterocycles. The summed E-state index contributed by atoms with van der Waals surface area (Å²) in [5.41, 5.74) is 0.443. The number of anilines is 1. The Labute approximate surface area is 189 Å². The normalized spacial score (nSPS) is 22.6. The number of rotatable bonds is 4. The van der Waals surface area contributed by atoms with Crippen LogP contribution in [0.2, 0.25) is 0 Å². The van der Waals surface area contributed by atoms with Crippen LogP contribution in [0.4, 0.5) is 10.5 Å². The number of para-hydroxylation sites is 1. The van der Waals surface area contributed by atoms with Crippen molar-refractivity contribution in [1.82, 2.24) is 10.2 Å². The molecule has 1 saturated heterocycles. The Hall–Kier alpha value is -3.52. The van der Waals surface area contributed by atoms with Gasteiger partial charge in [-0.1, -0.05) is 42.5 Å². The zero-order valence-corrected chi connectivity index (χ0v) is 18.2. The maximum absolute atomic E-state index is 13.6. The minimum absolute atomic E-state index is 0.208. The number of urea groups is 1. The minimum atomic E-state index is -1.34. The van der Waals surface area contributed by atoms with E-state index in [0.717, 1.165) is 21.0 Å². The molecule has 0 radical (unpaired) electrons. The van der Waals surface area contributed by atoms with Gasteiger partial charge in [0.25, 0.3) is 5.91 Å². The zero-order valence-electron chi connectivity index (χ0n) is 17.4. The van der Waals surface area contributed by atoms with Gasteiger partial charge in [0.1, 0.15) is 12.3 Å². The maximum atomic E-state index is 13.6. The fraction of sp³-hybridized carbons (Fsp3) is 0.208. The third-order valence-corrected chi connectivity index (χ3v) is 7.01. The molecular weight excluding hydrogens is 426 g/mol. The first-order chi connectivity index (χ1) is 15.5. The third kappa shape index (κ3) is 3.27. The van der Waals surface area contributed by atoms with Gasteiger partial charge in [-0.05, 0) is 36.8 Å². The molecule has 7 nitrogen and oxygen atoms in total. The van der Waals surface area contributed by atoms with Crippen LogP contribution in [0.1, 0.15) is 24.3 Å². The lowest BCUT2D eigenvalue weighted by Gasteiger charge is -2.37. The van der Waals surface area contributed by atoms with Crippen LogP contribution in [0.15, 0.2) is 82.3 Å². The molecule has 0 bridgehead atoms. The molecular formula is C24H21N3O4S. The molecule has 2 aromatic carbocycles. The molecule has 3 aromatic rings. The Kier molecular flexibility index (Phi) is 5.01. The predicted molar refractivity (Wildman–Crippen MR) is 120 cm³/mol. The van der Waals surface area contributed by atoms with E-state index in [1.165, 1.54) is 6.26 Å². The molecule has 8 heteroatoms. The maximum Gasteiger partial charge on any atom is 0.325 e. The van der Waals surface area contributed by atoms with E-state index in [-0.39, 0.29) is 18.5 Å². The smallest absolute Gasteiger partial charge is 0.325 e. The summed E-state index contributed by atoms with van der Waals surface area (Å²) in [5.74, 6) is 0.171. The molecule has 2 unspecified atom stereocenters. The molecule has 32 heavy (non-hydrogen) atoms. The van der Waals surface area contributed by atoms with Crippen molar-refractivity contribution in [3.05, 3.63) is 84.3 Å². The summed E-state index contributed by atoms with van der Waals surface area (Å²) in [6.45, 7) is 1.22. The van der Waals surface area contributed by atoms with Crippen molar-refractivity contribution in [2.45, 2.75) is 23.4 Å². The summed E-state index contributed by atoms with van der Waals surface area (Å²) >= 11 is 1.69. The Bertz CT molecular complexity index is 1180. The molecule has 162 valence electrons. The third-order valence-electron chi connectivity index (χ3n) is 5.87. The highest BCUT2D eigenvalue weighted by Crippen LogP contribution is 2.43. The first-order valence-electron chi connectivity index (χ1n) is 10.3. The molecule has 2 atom stereocenters. The molecule has 5 rings (SSSR count). The summed E-state index contributed by atoms with van der Waals surface area (Å²) in [7, 11) is 0. The van der Waals surface area contributed by atoms with Crippen LogP contribution >= 0.6 is 11.8 Å². The van der Waals surface area contributed by atoms with Gasteiger partial charge in [0, 0.05) is 10.6 Å². The number of furan rings is 1. The Balaban J connectivity index is 1.47. The van der Waals surface area contributed by atoms with E-state index in [9.17, 15) is 14.4 Å². The van der Waals surface area contributed by atoms with Gasteiger partial charge < -0.3 is 14.6 Å². The first kappa shape index (κ1) is 20.4. The zero-order chi connectivity index (χ0) is 22.3. The molecule has 0 spiro atoms. The summed E-state index contributed by atoms with van der Waals surface area (Å²) in [4.78, 5) is 43.1. The van der Waals surface area contributed by atoms with E-state index in [4.69, 9.17) is 4.42 Å². The van der Waals surface area contributed by atoms with Gasteiger partial charge in [0.15, 0.2) is 5.54 Å². The minimum Gasteiger partial charge on any atom is -0.466 e.